The van der Waals surface area contributed by atoms with Gasteiger partial charge in [-0.1, -0.05) is 0 Å². The highest BCUT2D eigenvalue weighted by Crippen LogP contribution is 2.31. The van der Waals surface area contributed by atoms with E-state index < -0.39 is 6.17 Å². The molecule has 29 heavy (non-hydrogen) atoms. The van der Waals surface area contributed by atoms with E-state index in [1.54, 1.807) is 15.8 Å². The van der Waals surface area contributed by atoms with Gasteiger partial charge in [-0.25, -0.2) is 14.2 Å². The lowest BCUT2D eigenvalue weighted by atomic mass is 9.94. The molecule has 1 aliphatic heterocycles. The number of ether oxygens (including phenoxy) is 1. The van der Waals surface area contributed by atoms with Gasteiger partial charge in [0.25, 0.3) is 0 Å². The molecule has 0 radical (unpaired) electrons. The van der Waals surface area contributed by atoms with E-state index in [2.05, 4.69) is 26.0 Å². The zero-order chi connectivity index (χ0) is 20.0. The highest BCUT2D eigenvalue weighted by molar-refractivity contribution is 5.93. The van der Waals surface area contributed by atoms with Crippen LogP contribution < -0.4 is 4.90 Å². The predicted molar refractivity (Wildman–Crippen MR) is 106 cm³/mol. The van der Waals surface area contributed by atoms with Crippen LogP contribution in [0.5, 0.6) is 0 Å². The second kappa shape index (κ2) is 7.06. The topological polar surface area (TPSA) is 79.3 Å². The van der Waals surface area contributed by atoms with Crippen LogP contribution in [0.4, 0.5) is 14.9 Å². The molecule has 0 atom stereocenters. The number of alkyl halides is 1. The molecule has 1 saturated carbocycles. The van der Waals surface area contributed by atoms with E-state index in [0.717, 1.165) is 28.0 Å². The number of fused-ring (bicyclic) bond motifs is 1. The minimum Gasteiger partial charge on any atom is -0.446 e. The summed E-state index contributed by atoms with van der Waals surface area (Å²) in [5.74, 6) is 0. The molecule has 3 aromatic heterocycles. The smallest absolute Gasteiger partial charge is 0.410 e. The van der Waals surface area contributed by atoms with Crippen molar-refractivity contribution in [2.24, 2.45) is 7.05 Å². The third-order valence-corrected chi connectivity index (χ3v) is 5.71. The van der Waals surface area contributed by atoms with Crippen molar-refractivity contribution >= 4 is 22.8 Å². The number of aromatic amines is 1. The lowest BCUT2D eigenvalue weighted by Crippen LogP contribution is -2.50. The molecule has 3 aromatic rings. The Balaban J connectivity index is 1.29. The van der Waals surface area contributed by atoms with Gasteiger partial charge in [0.15, 0.2) is 0 Å². The number of H-pyrrole nitrogens is 1. The Labute approximate surface area is 167 Å². The van der Waals surface area contributed by atoms with Crippen LogP contribution in [0.3, 0.4) is 0 Å². The number of nitrogens with zero attached hydrogens (tertiary/aromatic N) is 5. The number of hydrogen-bond donors (Lipinski definition) is 1. The number of rotatable bonds is 3. The monoisotopic (exact) mass is 398 g/mol. The standard InChI is InChI=1S/C20H23FN6O2/c1-25-12-13(11-23-25)17-10-16-18(2-3-22-19(16)24-17)26-4-6-27(7-5-26)20(28)29-15-8-14(21)9-15/h2-3,10-12,14-15H,4-9H2,1H3,(H,22,24)/t14-,15+. The van der Waals surface area contributed by atoms with Crippen molar-refractivity contribution in [3.8, 4) is 11.3 Å². The number of carbonyl (C=O) groups is 1. The number of hydrogen-bond acceptors (Lipinski definition) is 5. The van der Waals surface area contributed by atoms with Crippen molar-refractivity contribution in [3.63, 3.8) is 0 Å². The lowest BCUT2D eigenvalue weighted by molar-refractivity contribution is -0.0132. The number of aryl methyl sites for hydroxylation is 1. The van der Waals surface area contributed by atoms with Gasteiger partial charge < -0.3 is 19.5 Å². The second-order valence-corrected chi connectivity index (χ2v) is 7.73. The second-order valence-electron chi connectivity index (χ2n) is 7.73. The summed E-state index contributed by atoms with van der Waals surface area (Å²) in [5.41, 5.74) is 3.90. The van der Waals surface area contributed by atoms with E-state index in [9.17, 15) is 9.18 Å². The molecule has 0 spiro atoms. The van der Waals surface area contributed by atoms with Gasteiger partial charge in [-0.05, 0) is 12.1 Å². The Bertz CT molecular complexity index is 1030. The van der Waals surface area contributed by atoms with E-state index in [4.69, 9.17) is 4.74 Å². The van der Waals surface area contributed by atoms with Gasteiger partial charge in [-0.3, -0.25) is 4.68 Å². The van der Waals surface area contributed by atoms with Gasteiger partial charge in [-0.2, -0.15) is 5.10 Å². The van der Waals surface area contributed by atoms with Crippen LogP contribution in [0.25, 0.3) is 22.3 Å². The van der Waals surface area contributed by atoms with Gasteiger partial charge in [0.1, 0.15) is 17.9 Å². The van der Waals surface area contributed by atoms with Crippen LogP contribution in [0.15, 0.2) is 30.7 Å². The molecule has 5 rings (SSSR count). The van der Waals surface area contributed by atoms with Crippen molar-refractivity contribution in [2.45, 2.75) is 25.1 Å². The molecular formula is C20H23FN6O2. The number of nitrogens with one attached hydrogen (secondary N) is 1. The zero-order valence-corrected chi connectivity index (χ0v) is 16.2. The molecule has 1 N–H and O–H groups in total. The lowest BCUT2D eigenvalue weighted by Gasteiger charge is -2.37. The number of pyridine rings is 1. The van der Waals surface area contributed by atoms with E-state index in [1.807, 2.05) is 25.5 Å². The molecule has 4 heterocycles. The summed E-state index contributed by atoms with van der Waals surface area (Å²) >= 11 is 0. The first kappa shape index (κ1) is 18.0. The summed E-state index contributed by atoms with van der Waals surface area (Å²) in [5, 5.41) is 5.28. The van der Waals surface area contributed by atoms with E-state index in [-0.39, 0.29) is 12.2 Å². The minimum absolute atomic E-state index is 0.263. The number of amides is 1. The summed E-state index contributed by atoms with van der Waals surface area (Å²) in [6.45, 7) is 2.57. The van der Waals surface area contributed by atoms with Crippen LogP contribution in [0, 0.1) is 0 Å². The first-order valence-electron chi connectivity index (χ1n) is 9.88. The predicted octanol–water partition coefficient (Wildman–Crippen LogP) is 2.72. The van der Waals surface area contributed by atoms with Crippen molar-refractivity contribution < 1.29 is 13.9 Å². The van der Waals surface area contributed by atoms with Gasteiger partial charge >= 0.3 is 6.09 Å². The van der Waals surface area contributed by atoms with Crippen LogP contribution in [-0.2, 0) is 11.8 Å². The van der Waals surface area contributed by atoms with E-state index in [0.29, 0.717) is 39.0 Å². The number of piperazine rings is 1. The van der Waals surface area contributed by atoms with Gasteiger partial charge in [0, 0.05) is 75.1 Å². The molecule has 2 fully saturated rings. The Morgan fingerprint density at radius 3 is 2.76 bits per heavy atom. The summed E-state index contributed by atoms with van der Waals surface area (Å²) in [6.07, 6.45) is 4.82. The maximum atomic E-state index is 12.9. The minimum atomic E-state index is -0.823. The SMILES string of the molecule is Cn1cc(-c2cc3c(N4CCN(C(=O)O[C@H]5C[C@@H](F)C5)CC4)ccnc3[nH]2)cn1. The average Bonchev–Trinajstić information content (AvgIpc) is 3.32. The van der Waals surface area contributed by atoms with E-state index >= 15 is 0 Å². The van der Waals surface area contributed by atoms with E-state index in [1.165, 1.54) is 0 Å². The normalized spacial score (nSPS) is 22.0. The molecule has 1 amide bonds. The third-order valence-electron chi connectivity index (χ3n) is 5.71. The molecule has 0 aromatic carbocycles. The molecule has 1 saturated heterocycles. The Hall–Kier alpha value is -3.10. The van der Waals surface area contributed by atoms with Crippen molar-refractivity contribution in [3.05, 3.63) is 30.7 Å². The summed E-state index contributed by atoms with van der Waals surface area (Å²) in [4.78, 5) is 24.1. The van der Waals surface area contributed by atoms with Crippen LogP contribution in [0.1, 0.15) is 12.8 Å². The number of aromatic nitrogens is 4. The van der Waals surface area contributed by atoms with Gasteiger partial charge in [0.05, 0.1) is 11.9 Å². The molecule has 0 unspecified atom stereocenters. The summed E-state index contributed by atoms with van der Waals surface area (Å²) < 4.78 is 20.1. The Kier molecular flexibility index (Phi) is 4.37. The molecule has 9 heteroatoms. The molecule has 1 aliphatic carbocycles. The number of carbonyl (C=O) groups excluding carboxylic acids is 1. The molecule has 8 nitrogen and oxygen atoms in total. The highest BCUT2D eigenvalue weighted by Gasteiger charge is 2.34. The van der Waals surface area contributed by atoms with Gasteiger partial charge in [0.2, 0.25) is 0 Å². The summed E-state index contributed by atoms with van der Waals surface area (Å²) in [6, 6.07) is 4.10. The number of anilines is 1. The quantitative estimate of drug-likeness (QED) is 0.734. The summed E-state index contributed by atoms with van der Waals surface area (Å²) in [7, 11) is 1.89. The fraction of sp³-hybridized carbons (Fsp3) is 0.450. The third kappa shape index (κ3) is 3.41. The van der Waals surface area contributed by atoms with Crippen molar-refractivity contribution in [1.82, 2.24) is 24.6 Å². The van der Waals surface area contributed by atoms with Crippen LogP contribution in [0.2, 0.25) is 0 Å². The average molecular weight is 398 g/mol. The van der Waals surface area contributed by atoms with Crippen LogP contribution in [-0.4, -0.2) is 69.2 Å². The highest BCUT2D eigenvalue weighted by atomic mass is 19.1. The molecule has 0 bridgehead atoms. The maximum Gasteiger partial charge on any atom is 0.410 e. The maximum absolute atomic E-state index is 12.9. The molecule has 152 valence electrons. The fourth-order valence-electron chi connectivity index (χ4n) is 3.95. The Morgan fingerprint density at radius 1 is 1.28 bits per heavy atom. The fourth-order valence-corrected chi connectivity index (χ4v) is 3.95. The zero-order valence-electron chi connectivity index (χ0n) is 16.2. The van der Waals surface area contributed by atoms with Crippen LogP contribution >= 0.6 is 0 Å². The first-order chi connectivity index (χ1) is 14.1. The van der Waals surface area contributed by atoms with Crippen molar-refractivity contribution in [2.75, 3.05) is 31.1 Å². The van der Waals surface area contributed by atoms with Crippen molar-refractivity contribution in [1.29, 1.82) is 0 Å². The Morgan fingerprint density at radius 2 is 2.07 bits per heavy atom. The molecular weight excluding hydrogens is 375 g/mol. The number of halogens is 1. The molecule has 2 aliphatic rings. The first-order valence-corrected chi connectivity index (χ1v) is 9.88. The van der Waals surface area contributed by atoms with Gasteiger partial charge in [-0.15, -0.1) is 0 Å². The largest absolute Gasteiger partial charge is 0.446 e.